The van der Waals surface area contributed by atoms with E-state index in [2.05, 4.69) is 15.0 Å². The van der Waals surface area contributed by atoms with E-state index in [-0.39, 0.29) is 0 Å². The molecule has 2 rings (SSSR count). The second kappa shape index (κ2) is 4.03. The van der Waals surface area contributed by atoms with E-state index in [1.807, 2.05) is 33.9 Å². The van der Waals surface area contributed by atoms with Crippen LogP contribution in [-0.2, 0) is 0 Å². The van der Waals surface area contributed by atoms with Crippen molar-refractivity contribution in [2.24, 2.45) is 0 Å². The highest BCUT2D eigenvalue weighted by atomic mass is 14.9. The molecule has 0 aromatic carbocycles. The highest BCUT2D eigenvalue weighted by Gasteiger charge is 2.00. The molecule has 0 aliphatic carbocycles. The first-order valence-corrected chi connectivity index (χ1v) is 4.54. The number of fused-ring (bicyclic) bond motifs is 1. The van der Waals surface area contributed by atoms with Crippen molar-refractivity contribution in [3.8, 4) is 0 Å². The molecule has 0 amide bonds. The largest absolute Gasteiger partial charge is 0.341 e. The summed E-state index contributed by atoms with van der Waals surface area (Å²) in [6, 6.07) is 0. The summed E-state index contributed by atoms with van der Waals surface area (Å²) in [5.74, 6) is 0.941. The highest BCUT2D eigenvalue weighted by molar-refractivity contribution is 5.77. The molecule has 0 fully saturated rings. The standard InChI is InChI=1S/C8H9N3.C2H6/c1-5-3-9-4-7-8(5)11-6(2)10-7;1-2/h3-4H,1-2H3,(H,10,11);1-2H3. The summed E-state index contributed by atoms with van der Waals surface area (Å²) < 4.78 is 0. The van der Waals surface area contributed by atoms with Gasteiger partial charge in [0, 0.05) is 6.20 Å². The van der Waals surface area contributed by atoms with Gasteiger partial charge in [0.05, 0.1) is 17.2 Å². The van der Waals surface area contributed by atoms with Gasteiger partial charge in [-0.25, -0.2) is 4.98 Å². The number of hydrogen-bond donors (Lipinski definition) is 1. The smallest absolute Gasteiger partial charge is 0.104 e. The maximum atomic E-state index is 4.32. The van der Waals surface area contributed by atoms with Crippen LogP contribution in [0.4, 0.5) is 0 Å². The van der Waals surface area contributed by atoms with Gasteiger partial charge in [-0.05, 0) is 19.4 Å². The van der Waals surface area contributed by atoms with Crippen molar-refractivity contribution < 1.29 is 0 Å². The number of rotatable bonds is 0. The van der Waals surface area contributed by atoms with Gasteiger partial charge in [0.25, 0.3) is 0 Å². The Hall–Kier alpha value is -1.38. The van der Waals surface area contributed by atoms with Crippen LogP contribution in [0.25, 0.3) is 11.0 Å². The molecular formula is C10H15N3. The van der Waals surface area contributed by atoms with Crippen molar-refractivity contribution in [3.63, 3.8) is 0 Å². The van der Waals surface area contributed by atoms with Crippen LogP contribution < -0.4 is 0 Å². The van der Waals surface area contributed by atoms with E-state index >= 15 is 0 Å². The molecule has 0 atom stereocenters. The van der Waals surface area contributed by atoms with E-state index in [0.29, 0.717) is 0 Å². The summed E-state index contributed by atoms with van der Waals surface area (Å²) in [7, 11) is 0. The molecule has 1 N–H and O–H groups in total. The van der Waals surface area contributed by atoms with Gasteiger partial charge in [-0.15, -0.1) is 0 Å². The first-order valence-electron chi connectivity index (χ1n) is 4.54. The third kappa shape index (κ3) is 1.86. The third-order valence-corrected chi connectivity index (χ3v) is 1.70. The second-order valence-corrected chi connectivity index (χ2v) is 2.67. The van der Waals surface area contributed by atoms with Crippen LogP contribution in [-0.4, -0.2) is 15.0 Å². The molecule has 0 radical (unpaired) electrons. The fraction of sp³-hybridized carbons (Fsp3) is 0.400. The molecule has 0 unspecified atom stereocenters. The number of pyridine rings is 1. The van der Waals surface area contributed by atoms with Crippen molar-refractivity contribution >= 4 is 11.0 Å². The molecule has 0 bridgehead atoms. The Balaban J connectivity index is 0.000000396. The van der Waals surface area contributed by atoms with Gasteiger partial charge in [0.15, 0.2) is 0 Å². The van der Waals surface area contributed by atoms with Gasteiger partial charge >= 0.3 is 0 Å². The average molecular weight is 177 g/mol. The Morgan fingerprint density at radius 3 is 2.46 bits per heavy atom. The van der Waals surface area contributed by atoms with Gasteiger partial charge in [-0.2, -0.15) is 0 Å². The number of H-pyrrole nitrogens is 1. The topological polar surface area (TPSA) is 41.6 Å². The zero-order chi connectivity index (χ0) is 9.84. The second-order valence-electron chi connectivity index (χ2n) is 2.67. The number of aromatic amines is 1. The van der Waals surface area contributed by atoms with Crippen LogP contribution >= 0.6 is 0 Å². The van der Waals surface area contributed by atoms with Gasteiger partial charge in [0.2, 0.25) is 0 Å². The van der Waals surface area contributed by atoms with E-state index < -0.39 is 0 Å². The van der Waals surface area contributed by atoms with Crippen molar-refractivity contribution in [1.82, 2.24) is 15.0 Å². The minimum absolute atomic E-state index is 0.941. The highest BCUT2D eigenvalue weighted by Crippen LogP contribution is 2.12. The minimum Gasteiger partial charge on any atom is -0.341 e. The summed E-state index contributed by atoms with van der Waals surface area (Å²) in [5.41, 5.74) is 3.16. The third-order valence-electron chi connectivity index (χ3n) is 1.70. The van der Waals surface area contributed by atoms with Gasteiger partial charge in [-0.3, -0.25) is 4.98 Å². The number of aromatic nitrogens is 3. The lowest BCUT2D eigenvalue weighted by Crippen LogP contribution is -1.78. The van der Waals surface area contributed by atoms with Crippen LogP contribution in [0.5, 0.6) is 0 Å². The lowest BCUT2D eigenvalue weighted by molar-refractivity contribution is 1.17. The lowest BCUT2D eigenvalue weighted by atomic mass is 10.3. The summed E-state index contributed by atoms with van der Waals surface area (Å²) in [5, 5.41) is 0. The van der Waals surface area contributed by atoms with E-state index in [4.69, 9.17) is 0 Å². The number of nitrogens with one attached hydrogen (secondary N) is 1. The molecule has 0 saturated carbocycles. The lowest BCUT2D eigenvalue weighted by Gasteiger charge is -1.89. The predicted octanol–water partition coefficient (Wildman–Crippen LogP) is 2.60. The van der Waals surface area contributed by atoms with Crippen LogP contribution in [0, 0.1) is 13.8 Å². The Bertz CT molecular complexity index is 390. The first kappa shape index (κ1) is 9.71. The number of aryl methyl sites for hydroxylation is 2. The zero-order valence-electron chi connectivity index (χ0n) is 8.55. The fourth-order valence-electron chi connectivity index (χ4n) is 1.19. The average Bonchev–Trinajstić information content (AvgIpc) is 2.51. The van der Waals surface area contributed by atoms with E-state index in [0.717, 1.165) is 22.4 Å². The van der Waals surface area contributed by atoms with E-state index in [1.54, 1.807) is 6.20 Å². The van der Waals surface area contributed by atoms with Crippen LogP contribution in [0.3, 0.4) is 0 Å². The van der Waals surface area contributed by atoms with Crippen molar-refractivity contribution in [2.45, 2.75) is 27.7 Å². The number of hydrogen-bond acceptors (Lipinski definition) is 2. The molecule has 0 saturated heterocycles. The maximum absolute atomic E-state index is 4.32. The molecule has 0 spiro atoms. The van der Waals surface area contributed by atoms with Gasteiger partial charge < -0.3 is 4.98 Å². The van der Waals surface area contributed by atoms with E-state index in [9.17, 15) is 0 Å². The van der Waals surface area contributed by atoms with Gasteiger partial charge in [-0.1, -0.05) is 13.8 Å². The minimum atomic E-state index is 0.941. The molecule has 2 heterocycles. The predicted molar refractivity (Wildman–Crippen MR) is 54.7 cm³/mol. The Labute approximate surface area is 78.2 Å². The summed E-state index contributed by atoms with van der Waals surface area (Å²) in [6.07, 6.45) is 3.62. The van der Waals surface area contributed by atoms with Crippen molar-refractivity contribution in [2.75, 3.05) is 0 Å². The SMILES string of the molecule is CC.Cc1nc2c(C)cncc2[nH]1. The van der Waals surface area contributed by atoms with Gasteiger partial charge in [0.1, 0.15) is 5.82 Å². The fourth-order valence-corrected chi connectivity index (χ4v) is 1.19. The Kier molecular flexibility index (Phi) is 3.01. The zero-order valence-corrected chi connectivity index (χ0v) is 8.55. The molecule has 2 aromatic rings. The summed E-state index contributed by atoms with van der Waals surface area (Å²) >= 11 is 0. The van der Waals surface area contributed by atoms with E-state index in [1.165, 1.54) is 0 Å². The first-order chi connectivity index (χ1) is 6.27. The maximum Gasteiger partial charge on any atom is 0.104 e. The normalized spacial score (nSPS) is 9.54. The quantitative estimate of drug-likeness (QED) is 0.672. The number of nitrogens with zero attached hydrogens (tertiary/aromatic N) is 2. The monoisotopic (exact) mass is 177 g/mol. The Morgan fingerprint density at radius 1 is 1.15 bits per heavy atom. The molecule has 0 aliphatic rings. The molecule has 3 heteroatoms. The summed E-state index contributed by atoms with van der Waals surface area (Å²) in [4.78, 5) is 11.5. The molecule has 0 aliphatic heterocycles. The van der Waals surface area contributed by atoms with Crippen LogP contribution in [0.2, 0.25) is 0 Å². The summed E-state index contributed by atoms with van der Waals surface area (Å²) in [6.45, 7) is 7.95. The molecule has 13 heavy (non-hydrogen) atoms. The van der Waals surface area contributed by atoms with Crippen molar-refractivity contribution in [3.05, 3.63) is 23.8 Å². The molecular weight excluding hydrogens is 162 g/mol. The van der Waals surface area contributed by atoms with Crippen molar-refractivity contribution in [1.29, 1.82) is 0 Å². The molecule has 2 aromatic heterocycles. The molecule has 3 nitrogen and oxygen atoms in total. The molecule has 70 valence electrons. The Morgan fingerprint density at radius 2 is 1.85 bits per heavy atom. The van der Waals surface area contributed by atoms with Crippen LogP contribution in [0.15, 0.2) is 12.4 Å². The van der Waals surface area contributed by atoms with Crippen LogP contribution in [0.1, 0.15) is 25.2 Å². The number of imidazole rings is 1.